The Morgan fingerprint density at radius 1 is 1.00 bits per heavy atom. The van der Waals surface area contributed by atoms with Gasteiger partial charge in [0.05, 0.1) is 0 Å². The molecule has 0 rings (SSSR count). The zero-order valence-corrected chi connectivity index (χ0v) is 5.28. The van der Waals surface area contributed by atoms with E-state index in [-0.39, 0.29) is 56.9 Å². The fraction of sp³-hybridized carbons (Fsp3) is 0. The Kier molecular flexibility index (Phi) is 398. The van der Waals surface area contributed by atoms with Gasteiger partial charge in [0.25, 0.3) is 0 Å². The van der Waals surface area contributed by atoms with Crippen LogP contribution in [0.5, 0.6) is 0 Å². The third kappa shape index (κ3) is 10.3. The van der Waals surface area contributed by atoms with Gasteiger partial charge in [-0.05, 0) is 0 Å². The summed E-state index contributed by atoms with van der Waals surface area (Å²) in [5, 5.41) is 0. The summed E-state index contributed by atoms with van der Waals surface area (Å²) in [4.78, 5) is 0. The van der Waals surface area contributed by atoms with Crippen LogP contribution in [0.1, 0.15) is 2.85 Å². The monoisotopic (exact) mass is 115 g/mol. The minimum Gasteiger partial charge on any atom is -1.00 e. The maximum absolute atomic E-state index is 0. The third-order valence-corrected chi connectivity index (χ3v) is 0. The van der Waals surface area contributed by atoms with Gasteiger partial charge in [-0.2, -0.15) is 0 Å². The topological polar surface area (TPSA) is 35.0 Å². The minimum absolute atomic E-state index is 0. The van der Waals surface area contributed by atoms with Crippen LogP contribution >= 0.6 is 24.8 Å². The molecule has 0 fully saturated rings. The first kappa shape index (κ1) is 57.7. The van der Waals surface area contributed by atoms with Gasteiger partial charge in [0, 0.05) is 0 Å². The van der Waals surface area contributed by atoms with Gasteiger partial charge in [-0.1, -0.05) is 0 Å². The predicted octanol–water partition coefficient (Wildman–Crippen LogP) is 0.850. The van der Waals surface area contributed by atoms with Gasteiger partial charge in [0.15, 0.2) is 0 Å². The van der Waals surface area contributed by atoms with Crippen molar-refractivity contribution in [2.75, 3.05) is 0 Å². The van der Waals surface area contributed by atoms with Gasteiger partial charge >= 0.3 is 23.1 Å². The molecule has 3 N–H and O–H groups in total. The van der Waals surface area contributed by atoms with Crippen molar-refractivity contribution in [3.8, 4) is 0 Å². The standard InChI is InChI=1S/2ClH.Mg.H3N.2H/h2*1H;;1H3;;/q;;+2;;2*-1. The average molecular weight is 116 g/mol. The van der Waals surface area contributed by atoms with Crippen molar-refractivity contribution in [2.24, 2.45) is 0 Å². The first-order valence-corrected chi connectivity index (χ1v) is 0. The van der Waals surface area contributed by atoms with Crippen LogP contribution in [-0.2, 0) is 0 Å². The van der Waals surface area contributed by atoms with Crippen LogP contribution in [0.2, 0.25) is 0 Å². The van der Waals surface area contributed by atoms with E-state index in [4.69, 9.17) is 0 Å². The van der Waals surface area contributed by atoms with E-state index in [2.05, 4.69) is 0 Å². The van der Waals surface area contributed by atoms with Crippen LogP contribution in [0.4, 0.5) is 0 Å². The van der Waals surface area contributed by atoms with Crippen molar-refractivity contribution in [1.29, 1.82) is 0 Å². The molecular formula is H7Cl2MgN. The Hall–Kier alpha value is 1.31. The molecule has 1 nitrogen and oxygen atoms in total. The molecule has 0 amide bonds. The van der Waals surface area contributed by atoms with Crippen LogP contribution in [0.3, 0.4) is 0 Å². The molecule has 0 aromatic heterocycles. The van der Waals surface area contributed by atoms with Crippen molar-refractivity contribution in [1.82, 2.24) is 6.15 Å². The van der Waals surface area contributed by atoms with E-state index in [1.54, 1.807) is 0 Å². The number of hydrogen-bond acceptors (Lipinski definition) is 1. The van der Waals surface area contributed by atoms with Crippen LogP contribution < -0.4 is 6.15 Å². The Balaban J connectivity index is 0. The number of hydrogen-bond donors (Lipinski definition) is 1. The molecule has 0 spiro atoms. The first-order valence-electron chi connectivity index (χ1n) is 0. The minimum atomic E-state index is 0. The van der Waals surface area contributed by atoms with Crippen molar-refractivity contribution in [3.05, 3.63) is 0 Å². The Morgan fingerprint density at radius 3 is 1.00 bits per heavy atom. The fourth-order valence-electron chi connectivity index (χ4n) is 0. The average Bonchev–Trinajstić information content (AvgIpc) is 0. The summed E-state index contributed by atoms with van der Waals surface area (Å²) >= 11 is 0. The van der Waals surface area contributed by atoms with Crippen molar-refractivity contribution in [2.45, 2.75) is 0 Å². The Bertz CT molecular complexity index is 11.5. The molecule has 0 aliphatic carbocycles. The van der Waals surface area contributed by atoms with Gasteiger partial charge in [-0.25, -0.2) is 0 Å². The summed E-state index contributed by atoms with van der Waals surface area (Å²) < 4.78 is 0. The first-order chi connectivity index (χ1) is 0. The largest absolute Gasteiger partial charge is 2.00 e. The second-order valence-electron chi connectivity index (χ2n) is 0. The van der Waals surface area contributed by atoms with Gasteiger partial charge in [0.1, 0.15) is 0 Å². The van der Waals surface area contributed by atoms with Gasteiger partial charge < -0.3 is 9.00 Å². The molecule has 4 heavy (non-hydrogen) atoms. The maximum atomic E-state index is 0. The molecule has 4 heteroatoms. The quantitative estimate of drug-likeness (QED) is 0.468. The second kappa shape index (κ2) is 27.6. The Morgan fingerprint density at radius 2 is 1.00 bits per heavy atom. The second-order valence-corrected chi connectivity index (χ2v) is 0. The zero-order chi connectivity index (χ0) is 0. The molecule has 0 heterocycles. The van der Waals surface area contributed by atoms with E-state index in [0.717, 1.165) is 0 Å². The van der Waals surface area contributed by atoms with Crippen LogP contribution in [0, 0.1) is 0 Å². The van der Waals surface area contributed by atoms with Crippen LogP contribution in [-0.4, -0.2) is 23.1 Å². The third-order valence-electron chi connectivity index (χ3n) is 0. The molecule has 0 aliphatic heterocycles. The summed E-state index contributed by atoms with van der Waals surface area (Å²) in [6.45, 7) is 0. The predicted molar refractivity (Wildman–Crippen MR) is 27.5 cm³/mol. The SMILES string of the molecule is Cl.Cl.N.[H-].[H-].[Mg+2]. The molecule has 28 valence electrons. The van der Waals surface area contributed by atoms with E-state index in [1.165, 1.54) is 0 Å². The number of rotatable bonds is 0. The molecule has 0 aromatic carbocycles. The van der Waals surface area contributed by atoms with E-state index in [9.17, 15) is 0 Å². The summed E-state index contributed by atoms with van der Waals surface area (Å²) in [6.07, 6.45) is 0. The summed E-state index contributed by atoms with van der Waals surface area (Å²) in [7, 11) is 0. The normalized spacial score (nSPS) is 0. The molecule has 0 unspecified atom stereocenters. The smallest absolute Gasteiger partial charge is 1.00 e. The summed E-state index contributed by atoms with van der Waals surface area (Å²) in [6, 6.07) is 0. The number of halogens is 2. The van der Waals surface area contributed by atoms with Gasteiger partial charge in [-0.15, -0.1) is 24.8 Å². The van der Waals surface area contributed by atoms with Crippen molar-refractivity contribution >= 4 is 47.9 Å². The Labute approximate surface area is 57.0 Å². The summed E-state index contributed by atoms with van der Waals surface area (Å²) in [5.41, 5.74) is 0. The fourth-order valence-corrected chi connectivity index (χ4v) is 0. The van der Waals surface area contributed by atoms with Crippen molar-refractivity contribution in [3.63, 3.8) is 0 Å². The van der Waals surface area contributed by atoms with Crippen molar-refractivity contribution < 1.29 is 2.85 Å². The zero-order valence-electron chi connectivity index (χ0n) is 4.23. The molecule has 0 bridgehead atoms. The van der Waals surface area contributed by atoms with E-state index >= 15 is 0 Å². The van der Waals surface area contributed by atoms with Gasteiger partial charge in [-0.3, -0.25) is 0 Å². The molecule has 0 saturated heterocycles. The molecule has 0 aliphatic rings. The summed E-state index contributed by atoms with van der Waals surface area (Å²) in [5.74, 6) is 0. The van der Waals surface area contributed by atoms with E-state index in [1.807, 2.05) is 0 Å². The molecular weight excluding hydrogens is 109 g/mol. The van der Waals surface area contributed by atoms with Gasteiger partial charge in [0.2, 0.25) is 0 Å². The molecule has 0 radical (unpaired) electrons. The molecule has 0 saturated carbocycles. The van der Waals surface area contributed by atoms with Crippen LogP contribution in [0.15, 0.2) is 0 Å². The van der Waals surface area contributed by atoms with E-state index in [0.29, 0.717) is 0 Å². The molecule has 0 atom stereocenters. The van der Waals surface area contributed by atoms with Crippen LogP contribution in [0.25, 0.3) is 0 Å². The molecule has 0 aromatic rings. The van der Waals surface area contributed by atoms with E-state index < -0.39 is 0 Å². The maximum Gasteiger partial charge on any atom is 2.00 e.